The van der Waals surface area contributed by atoms with E-state index in [-0.39, 0.29) is 11.6 Å². The van der Waals surface area contributed by atoms with Gasteiger partial charge in [0.15, 0.2) is 11.6 Å². The molecule has 2 heterocycles. The number of fused-ring (bicyclic) bond motifs is 2. The molecule has 33 heavy (non-hydrogen) atoms. The number of ether oxygens (including phenoxy) is 1. The van der Waals surface area contributed by atoms with Gasteiger partial charge in [-0.05, 0) is 53.3 Å². The van der Waals surface area contributed by atoms with Crippen LogP contribution in [0.3, 0.4) is 0 Å². The SMILES string of the molecule is O=C(/C=C/c1ccc2c(c1)C(=O)CC1(CCN(CCC3=CCc4ccccc43)CC1)O2)CO. The molecule has 2 aromatic carbocycles. The lowest BCUT2D eigenvalue weighted by Gasteiger charge is -2.44. The van der Waals surface area contributed by atoms with E-state index in [1.54, 1.807) is 12.1 Å². The number of aliphatic hydroxyl groups is 1. The zero-order valence-electron chi connectivity index (χ0n) is 18.8. The number of aliphatic hydroxyl groups excluding tert-OH is 1. The molecule has 5 heteroatoms. The standard InChI is InChI=1S/C28H29NO4/c30-19-23(31)9-5-20-6-10-27-25(17-20)26(32)18-28(33-27)12-15-29(16-13-28)14-11-22-8-7-21-3-1-2-4-24(21)22/h1-6,8-10,17,30H,7,11-16,18-19H2/b9-5+. The first-order valence-corrected chi connectivity index (χ1v) is 11.7. The van der Waals surface area contributed by atoms with Gasteiger partial charge < -0.3 is 14.7 Å². The number of allylic oxidation sites excluding steroid dienone is 1. The second kappa shape index (κ2) is 9.08. The number of carbonyl (C=O) groups excluding carboxylic acids is 2. The highest BCUT2D eigenvalue weighted by Gasteiger charge is 2.42. The van der Waals surface area contributed by atoms with Gasteiger partial charge in [0.2, 0.25) is 0 Å². The van der Waals surface area contributed by atoms with Crippen molar-refractivity contribution in [3.8, 4) is 5.75 Å². The Kier molecular flexibility index (Phi) is 6.00. The highest BCUT2D eigenvalue weighted by atomic mass is 16.5. The summed E-state index contributed by atoms with van der Waals surface area (Å²) in [5, 5.41) is 8.85. The Bertz CT molecular complexity index is 1140. The van der Waals surface area contributed by atoms with E-state index in [9.17, 15) is 9.59 Å². The molecule has 3 aliphatic rings. The molecular weight excluding hydrogens is 414 g/mol. The van der Waals surface area contributed by atoms with E-state index in [1.165, 1.54) is 22.8 Å². The van der Waals surface area contributed by atoms with Crippen LogP contribution in [-0.4, -0.2) is 53.4 Å². The summed E-state index contributed by atoms with van der Waals surface area (Å²) in [6, 6.07) is 14.1. The van der Waals surface area contributed by atoms with Crippen molar-refractivity contribution in [2.75, 3.05) is 26.2 Å². The predicted octanol–water partition coefficient (Wildman–Crippen LogP) is 4.09. The highest BCUT2D eigenvalue weighted by molar-refractivity contribution is 6.01. The molecule has 1 saturated heterocycles. The van der Waals surface area contributed by atoms with Crippen LogP contribution in [0.5, 0.6) is 5.75 Å². The Morgan fingerprint density at radius 2 is 1.94 bits per heavy atom. The van der Waals surface area contributed by atoms with Crippen LogP contribution < -0.4 is 4.74 Å². The summed E-state index contributed by atoms with van der Waals surface area (Å²) >= 11 is 0. The first-order chi connectivity index (χ1) is 16.0. The number of carbonyl (C=O) groups is 2. The minimum atomic E-state index is -0.520. The van der Waals surface area contributed by atoms with Crippen molar-refractivity contribution in [2.45, 2.75) is 37.7 Å². The fraction of sp³-hybridized carbons (Fsp3) is 0.357. The van der Waals surface area contributed by atoms with E-state index in [2.05, 4.69) is 35.2 Å². The average Bonchev–Trinajstić information content (AvgIpc) is 3.25. The monoisotopic (exact) mass is 443 g/mol. The largest absolute Gasteiger partial charge is 0.486 e. The van der Waals surface area contributed by atoms with Crippen LogP contribution in [0, 0.1) is 0 Å². The molecule has 5 rings (SSSR count). The Labute approximate surface area is 194 Å². The molecule has 0 unspecified atom stereocenters. The summed E-state index contributed by atoms with van der Waals surface area (Å²) < 4.78 is 6.42. The molecule has 1 spiro atoms. The van der Waals surface area contributed by atoms with Gasteiger partial charge in [-0.3, -0.25) is 9.59 Å². The van der Waals surface area contributed by atoms with Gasteiger partial charge in [0, 0.05) is 32.5 Å². The van der Waals surface area contributed by atoms with Crippen LogP contribution in [0.2, 0.25) is 0 Å². The Morgan fingerprint density at radius 3 is 2.76 bits per heavy atom. The van der Waals surface area contributed by atoms with Gasteiger partial charge in [-0.15, -0.1) is 0 Å². The third-order valence-corrected chi connectivity index (χ3v) is 7.13. The Hall–Kier alpha value is -3.02. The van der Waals surface area contributed by atoms with Crippen LogP contribution >= 0.6 is 0 Å². The summed E-state index contributed by atoms with van der Waals surface area (Å²) in [4.78, 5) is 26.8. The lowest BCUT2D eigenvalue weighted by Crippen LogP contribution is -2.51. The molecule has 2 aromatic rings. The van der Waals surface area contributed by atoms with Crippen molar-refractivity contribution in [3.63, 3.8) is 0 Å². The van der Waals surface area contributed by atoms with Crippen LogP contribution in [0.1, 0.15) is 52.7 Å². The maximum absolute atomic E-state index is 13.0. The lowest BCUT2D eigenvalue weighted by molar-refractivity contribution is -0.117. The molecule has 5 nitrogen and oxygen atoms in total. The van der Waals surface area contributed by atoms with Crippen molar-refractivity contribution < 1.29 is 19.4 Å². The molecule has 0 saturated carbocycles. The third-order valence-electron chi connectivity index (χ3n) is 7.13. The lowest BCUT2D eigenvalue weighted by atomic mass is 9.82. The zero-order chi connectivity index (χ0) is 22.8. The van der Waals surface area contributed by atoms with Crippen LogP contribution in [0.4, 0.5) is 0 Å². The van der Waals surface area contributed by atoms with Gasteiger partial charge >= 0.3 is 0 Å². The highest BCUT2D eigenvalue weighted by Crippen LogP contribution is 2.40. The molecule has 2 aliphatic heterocycles. The van der Waals surface area contributed by atoms with E-state index in [0.29, 0.717) is 17.7 Å². The molecule has 1 N–H and O–H groups in total. The van der Waals surface area contributed by atoms with Crippen molar-refractivity contribution in [2.24, 2.45) is 0 Å². The second-order valence-corrected chi connectivity index (χ2v) is 9.28. The fourth-order valence-electron chi connectivity index (χ4n) is 5.19. The Balaban J connectivity index is 1.19. The number of ketones is 2. The molecule has 0 aromatic heterocycles. The smallest absolute Gasteiger partial charge is 0.181 e. The number of hydrogen-bond acceptors (Lipinski definition) is 5. The van der Waals surface area contributed by atoms with E-state index in [4.69, 9.17) is 9.84 Å². The second-order valence-electron chi connectivity index (χ2n) is 9.28. The minimum absolute atomic E-state index is 0.0983. The number of rotatable bonds is 6. The normalized spacial score (nSPS) is 19.3. The number of Topliss-reactive ketones (excluding diaryl/α,β-unsaturated/α-hetero) is 1. The van der Waals surface area contributed by atoms with Crippen molar-refractivity contribution in [1.29, 1.82) is 0 Å². The predicted molar refractivity (Wildman–Crippen MR) is 128 cm³/mol. The molecule has 1 aliphatic carbocycles. The number of benzene rings is 2. The minimum Gasteiger partial charge on any atom is -0.486 e. The summed E-state index contributed by atoms with van der Waals surface area (Å²) in [6.45, 7) is 2.38. The summed E-state index contributed by atoms with van der Waals surface area (Å²) in [7, 11) is 0. The molecule has 0 amide bonds. The van der Waals surface area contributed by atoms with E-state index in [0.717, 1.165) is 50.9 Å². The average molecular weight is 444 g/mol. The zero-order valence-corrected chi connectivity index (χ0v) is 18.8. The van der Waals surface area contributed by atoms with Gasteiger partial charge in [0.25, 0.3) is 0 Å². The van der Waals surface area contributed by atoms with Crippen molar-refractivity contribution >= 4 is 23.2 Å². The van der Waals surface area contributed by atoms with Gasteiger partial charge in [-0.2, -0.15) is 0 Å². The van der Waals surface area contributed by atoms with Crippen molar-refractivity contribution in [3.05, 3.63) is 76.9 Å². The van der Waals surface area contributed by atoms with Crippen LogP contribution in [0.25, 0.3) is 11.6 Å². The first kappa shape index (κ1) is 21.8. The molecule has 1 fully saturated rings. The molecule has 0 radical (unpaired) electrons. The molecule has 170 valence electrons. The number of likely N-dealkylation sites (tertiary alicyclic amines) is 1. The third kappa shape index (κ3) is 4.56. The number of piperidine rings is 1. The van der Waals surface area contributed by atoms with Gasteiger partial charge in [-0.25, -0.2) is 0 Å². The molecular formula is C28H29NO4. The quantitative estimate of drug-likeness (QED) is 0.681. The maximum Gasteiger partial charge on any atom is 0.181 e. The Morgan fingerprint density at radius 1 is 1.12 bits per heavy atom. The van der Waals surface area contributed by atoms with Crippen LogP contribution in [-0.2, 0) is 11.2 Å². The van der Waals surface area contributed by atoms with E-state index >= 15 is 0 Å². The first-order valence-electron chi connectivity index (χ1n) is 11.7. The number of hydrogen-bond donors (Lipinski definition) is 1. The van der Waals surface area contributed by atoms with Gasteiger partial charge in [-0.1, -0.05) is 42.5 Å². The fourth-order valence-corrected chi connectivity index (χ4v) is 5.19. The van der Waals surface area contributed by atoms with E-state index < -0.39 is 12.2 Å². The summed E-state index contributed by atoms with van der Waals surface area (Å²) in [5.41, 5.74) is 5.20. The molecule has 0 bridgehead atoms. The van der Waals surface area contributed by atoms with E-state index in [1.807, 2.05) is 12.1 Å². The number of nitrogens with zero attached hydrogens (tertiary/aromatic N) is 1. The van der Waals surface area contributed by atoms with Crippen LogP contribution in [0.15, 0.2) is 54.6 Å². The molecule has 0 atom stereocenters. The van der Waals surface area contributed by atoms with Gasteiger partial charge in [0.1, 0.15) is 18.0 Å². The maximum atomic E-state index is 13.0. The summed E-state index contributed by atoms with van der Waals surface area (Å²) in [5.74, 6) is 0.369. The van der Waals surface area contributed by atoms with Crippen molar-refractivity contribution in [1.82, 2.24) is 4.90 Å². The topological polar surface area (TPSA) is 66.8 Å². The van der Waals surface area contributed by atoms with Gasteiger partial charge in [0.05, 0.1) is 12.0 Å². The summed E-state index contributed by atoms with van der Waals surface area (Å²) in [6.07, 6.45) is 9.50.